The summed E-state index contributed by atoms with van der Waals surface area (Å²) >= 11 is 1.63. The minimum absolute atomic E-state index is 0.211. The zero-order valence-corrected chi connectivity index (χ0v) is 20.7. The van der Waals surface area contributed by atoms with Gasteiger partial charge >= 0.3 is 0 Å². The van der Waals surface area contributed by atoms with Crippen molar-refractivity contribution < 1.29 is 14.3 Å². The van der Waals surface area contributed by atoms with Crippen molar-refractivity contribution in [3.05, 3.63) is 57.4 Å². The maximum atomic E-state index is 13.4. The molecule has 2 aromatic carbocycles. The Morgan fingerprint density at radius 3 is 2.61 bits per heavy atom. The molecule has 1 aliphatic rings. The summed E-state index contributed by atoms with van der Waals surface area (Å²) in [5, 5.41) is 3.99. The van der Waals surface area contributed by atoms with E-state index in [1.807, 2.05) is 71.0 Å². The number of hydrogen-bond acceptors (Lipinski definition) is 5. The lowest BCUT2D eigenvalue weighted by molar-refractivity contribution is -0.129. The van der Waals surface area contributed by atoms with E-state index in [2.05, 4.69) is 10.3 Å². The van der Waals surface area contributed by atoms with Crippen molar-refractivity contribution >= 4 is 34.5 Å². The third kappa shape index (κ3) is 4.37. The number of amides is 2. The summed E-state index contributed by atoms with van der Waals surface area (Å²) in [5.74, 6) is 0.143. The molecule has 1 N–H and O–H groups in total. The predicted octanol–water partition coefficient (Wildman–Crippen LogP) is 5.57. The smallest absolute Gasteiger partial charge is 0.268 e. The van der Waals surface area contributed by atoms with Gasteiger partial charge in [-0.3, -0.25) is 14.5 Å². The van der Waals surface area contributed by atoms with Crippen LogP contribution in [0.15, 0.2) is 36.4 Å². The predicted molar refractivity (Wildman–Crippen MR) is 133 cm³/mol. The summed E-state index contributed by atoms with van der Waals surface area (Å²) in [6.07, 6.45) is -0.103. The fourth-order valence-electron chi connectivity index (χ4n) is 4.11. The van der Waals surface area contributed by atoms with Gasteiger partial charge in [0, 0.05) is 16.1 Å². The molecule has 172 valence electrons. The van der Waals surface area contributed by atoms with Crippen LogP contribution >= 0.6 is 11.3 Å². The molecule has 0 aliphatic carbocycles. The average Bonchev–Trinajstić information content (AvgIpc) is 3.12. The van der Waals surface area contributed by atoms with Crippen molar-refractivity contribution in [2.24, 2.45) is 0 Å². The van der Waals surface area contributed by atoms with Gasteiger partial charge in [0.05, 0.1) is 16.4 Å². The van der Waals surface area contributed by atoms with Crippen LogP contribution in [-0.4, -0.2) is 28.9 Å². The molecule has 0 bridgehead atoms. The van der Waals surface area contributed by atoms with Crippen LogP contribution in [-0.2, 0) is 9.59 Å². The normalized spacial score (nSPS) is 16.2. The molecule has 33 heavy (non-hydrogen) atoms. The Morgan fingerprint density at radius 2 is 1.94 bits per heavy atom. The van der Waals surface area contributed by atoms with Crippen LogP contribution in [0.1, 0.15) is 41.3 Å². The van der Waals surface area contributed by atoms with Gasteiger partial charge in [0.25, 0.3) is 5.91 Å². The third-order valence-electron chi connectivity index (χ3n) is 5.97. The summed E-state index contributed by atoms with van der Waals surface area (Å²) in [4.78, 5) is 34.0. The first-order chi connectivity index (χ1) is 15.7. The van der Waals surface area contributed by atoms with E-state index in [1.165, 1.54) is 0 Å². The van der Waals surface area contributed by atoms with E-state index in [0.29, 0.717) is 17.9 Å². The van der Waals surface area contributed by atoms with Crippen LogP contribution in [0.4, 0.5) is 11.4 Å². The Balaban J connectivity index is 1.72. The number of carbonyl (C=O) groups is 2. The van der Waals surface area contributed by atoms with Crippen molar-refractivity contribution in [2.75, 3.05) is 10.2 Å². The van der Waals surface area contributed by atoms with Gasteiger partial charge in [0.2, 0.25) is 5.91 Å². The highest BCUT2D eigenvalue weighted by molar-refractivity contribution is 7.11. The summed E-state index contributed by atoms with van der Waals surface area (Å²) in [6.45, 7) is 11.6. The summed E-state index contributed by atoms with van der Waals surface area (Å²) in [7, 11) is 0. The highest BCUT2D eigenvalue weighted by Gasteiger charge is 2.39. The Kier molecular flexibility index (Phi) is 6.26. The van der Waals surface area contributed by atoms with E-state index in [0.717, 1.165) is 38.0 Å². The summed E-state index contributed by atoms with van der Waals surface area (Å²) < 4.78 is 5.99. The first kappa shape index (κ1) is 23.0. The number of nitrogens with zero attached hydrogens (tertiary/aromatic N) is 2. The molecule has 4 rings (SSSR count). The van der Waals surface area contributed by atoms with E-state index < -0.39 is 12.1 Å². The van der Waals surface area contributed by atoms with Crippen LogP contribution in [0.2, 0.25) is 0 Å². The molecule has 2 amide bonds. The fraction of sp³-hybridized carbons (Fsp3) is 0.346. The molecule has 1 aliphatic heterocycles. The molecule has 2 unspecified atom stereocenters. The average molecular weight is 464 g/mol. The highest BCUT2D eigenvalue weighted by Crippen LogP contribution is 2.40. The number of aryl methyl sites for hydroxylation is 4. The Bertz CT molecular complexity index is 1230. The molecule has 1 aromatic heterocycles. The second-order valence-corrected chi connectivity index (χ2v) is 9.93. The van der Waals surface area contributed by atoms with Gasteiger partial charge < -0.3 is 10.1 Å². The number of aromatic nitrogens is 1. The minimum atomic E-state index is -0.720. The van der Waals surface area contributed by atoms with Gasteiger partial charge in [0.15, 0.2) is 6.10 Å². The van der Waals surface area contributed by atoms with Crippen LogP contribution in [0.3, 0.4) is 0 Å². The van der Waals surface area contributed by atoms with Crippen molar-refractivity contribution in [3.63, 3.8) is 0 Å². The number of thiazole rings is 1. The number of rotatable bonds is 5. The van der Waals surface area contributed by atoms with E-state index in [1.54, 1.807) is 23.2 Å². The lowest BCUT2D eigenvalue weighted by atomic mass is 10.0. The number of carbonyl (C=O) groups excluding carboxylic acids is 2. The number of nitrogens with one attached hydrogen (secondary N) is 1. The van der Waals surface area contributed by atoms with Crippen molar-refractivity contribution in [3.8, 4) is 17.0 Å². The van der Waals surface area contributed by atoms with Crippen LogP contribution in [0.25, 0.3) is 11.3 Å². The van der Waals surface area contributed by atoms with E-state index >= 15 is 0 Å². The molecule has 3 aromatic rings. The van der Waals surface area contributed by atoms with Crippen LogP contribution < -0.4 is 15.0 Å². The lowest BCUT2D eigenvalue weighted by Gasteiger charge is -2.37. The quantitative estimate of drug-likeness (QED) is 0.537. The van der Waals surface area contributed by atoms with Crippen LogP contribution in [0, 0.1) is 27.7 Å². The zero-order valence-electron chi connectivity index (χ0n) is 19.9. The second-order valence-electron chi connectivity index (χ2n) is 8.53. The first-order valence-corrected chi connectivity index (χ1v) is 12.0. The SMILES string of the molecule is CCC1Oc2ccc(-c3nc(C)sc3C)cc2N(C(C)C(=O)Nc2cc(C)ccc2C)C1=O. The molecule has 0 saturated carbocycles. The molecule has 0 fully saturated rings. The Hall–Kier alpha value is -3.19. The van der Waals surface area contributed by atoms with Gasteiger partial charge in [-0.05, 0) is 76.4 Å². The molecular weight excluding hydrogens is 434 g/mol. The monoisotopic (exact) mass is 463 g/mol. The van der Waals surface area contributed by atoms with E-state index in [9.17, 15) is 9.59 Å². The summed E-state index contributed by atoms with van der Waals surface area (Å²) in [6, 6.07) is 10.9. The maximum absolute atomic E-state index is 13.4. The maximum Gasteiger partial charge on any atom is 0.268 e. The van der Waals surface area contributed by atoms with Crippen LogP contribution in [0.5, 0.6) is 5.75 Å². The topological polar surface area (TPSA) is 71.5 Å². The number of fused-ring (bicyclic) bond motifs is 1. The zero-order chi connectivity index (χ0) is 23.9. The number of benzene rings is 2. The van der Waals surface area contributed by atoms with Gasteiger partial charge in [-0.1, -0.05) is 19.1 Å². The lowest BCUT2D eigenvalue weighted by Crippen LogP contribution is -2.53. The molecule has 0 radical (unpaired) electrons. The van der Waals surface area contributed by atoms with E-state index in [4.69, 9.17) is 4.74 Å². The number of ether oxygens (including phenoxy) is 1. The largest absolute Gasteiger partial charge is 0.478 e. The molecular formula is C26H29N3O3S. The molecule has 2 atom stereocenters. The number of anilines is 2. The highest BCUT2D eigenvalue weighted by atomic mass is 32.1. The van der Waals surface area contributed by atoms with Crippen molar-refractivity contribution in [2.45, 2.75) is 60.1 Å². The number of hydrogen-bond donors (Lipinski definition) is 1. The third-order valence-corrected chi connectivity index (χ3v) is 6.85. The first-order valence-electron chi connectivity index (χ1n) is 11.2. The second kappa shape index (κ2) is 8.98. The van der Waals surface area contributed by atoms with Crippen molar-refractivity contribution in [1.82, 2.24) is 4.98 Å². The molecule has 2 heterocycles. The minimum Gasteiger partial charge on any atom is -0.478 e. The van der Waals surface area contributed by atoms with E-state index in [-0.39, 0.29) is 11.8 Å². The standard InChI is InChI=1S/C26H29N3O3S/c1-7-22-26(31)29(16(4)25(30)28-20-12-14(2)8-9-15(20)3)21-13-19(10-11-23(21)32-22)24-17(5)33-18(6)27-24/h8-13,16,22H,7H2,1-6H3,(H,28,30). The fourth-order valence-corrected chi connectivity index (χ4v) is 4.95. The molecule has 0 saturated heterocycles. The summed E-state index contributed by atoms with van der Waals surface area (Å²) in [5.41, 5.74) is 5.16. The van der Waals surface area contributed by atoms with Gasteiger partial charge in [-0.2, -0.15) is 0 Å². The van der Waals surface area contributed by atoms with Gasteiger partial charge in [-0.25, -0.2) is 4.98 Å². The Morgan fingerprint density at radius 1 is 1.18 bits per heavy atom. The molecule has 6 nitrogen and oxygen atoms in total. The molecule has 7 heteroatoms. The van der Waals surface area contributed by atoms with Crippen molar-refractivity contribution in [1.29, 1.82) is 0 Å². The van der Waals surface area contributed by atoms with Gasteiger partial charge in [0.1, 0.15) is 11.8 Å². The molecule has 0 spiro atoms. The van der Waals surface area contributed by atoms with Gasteiger partial charge in [-0.15, -0.1) is 11.3 Å². The Labute approximate surface area is 198 Å².